The highest BCUT2D eigenvalue weighted by Gasteiger charge is 2.30. The van der Waals surface area contributed by atoms with Gasteiger partial charge in [-0.25, -0.2) is 4.31 Å². The Kier molecular flexibility index (Phi) is 9.90. The van der Waals surface area contributed by atoms with Gasteiger partial charge in [0.15, 0.2) is 5.09 Å². The van der Waals surface area contributed by atoms with E-state index in [1.807, 2.05) is 43.3 Å². The van der Waals surface area contributed by atoms with E-state index in [1.54, 1.807) is 6.26 Å². The van der Waals surface area contributed by atoms with E-state index in [9.17, 15) is 9.90 Å². The average molecular weight is 457 g/mol. The molecule has 3 unspecified atom stereocenters. The summed E-state index contributed by atoms with van der Waals surface area (Å²) >= 11 is 1.43. The summed E-state index contributed by atoms with van der Waals surface area (Å²) in [6.45, 7) is 7.17. The quantitative estimate of drug-likeness (QED) is 0.239. The zero-order valence-electron chi connectivity index (χ0n) is 19.0. The fraction of sp³-hybridized carbons (Fsp3) is 0.500. The van der Waals surface area contributed by atoms with Gasteiger partial charge in [0.2, 0.25) is 5.91 Å². The Morgan fingerprint density at radius 2 is 2.12 bits per heavy atom. The highest BCUT2D eigenvalue weighted by Crippen LogP contribution is 2.33. The average Bonchev–Trinajstić information content (AvgIpc) is 3.44. The molecule has 0 heterocycles. The molecular weight excluding hydrogens is 420 g/mol. The lowest BCUT2D eigenvalue weighted by molar-refractivity contribution is -0.123. The largest absolute Gasteiger partial charge is 0.458 e. The minimum Gasteiger partial charge on any atom is -0.458 e. The molecule has 5 nitrogen and oxygen atoms in total. The minimum absolute atomic E-state index is 0.00348. The number of aliphatic hydroxyl groups excluding tert-OH is 1. The summed E-state index contributed by atoms with van der Waals surface area (Å²) in [6, 6.07) is 9.67. The summed E-state index contributed by atoms with van der Waals surface area (Å²) in [7, 11) is 0. The SMILES string of the molecule is C=C(O/C=C\C)SN(CC1CC1)CC(O)C(Cc1ccccc1)NC(=O)CC1C=CCC1. The molecule has 1 aromatic carbocycles. The number of hydrogen-bond acceptors (Lipinski definition) is 5. The standard InChI is InChI=1S/C26H36N2O3S/c1-3-15-31-20(2)32-28(18-23-13-14-23)19-25(29)24(16-21-9-5-4-6-10-21)27-26(30)17-22-11-7-8-12-22/h3-7,9-11,15,22-25,29H,2,8,12-14,16-19H2,1H3,(H,27,30)/b15-3-. The predicted molar refractivity (Wildman–Crippen MR) is 131 cm³/mol. The second kappa shape index (κ2) is 12.9. The van der Waals surface area contributed by atoms with Crippen LogP contribution in [0.2, 0.25) is 0 Å². The number of nitrogens with zero attached hydrogens (tertiary/aromatic N) is 1. The maximum Gasteiger partial charge on any atom is 0.220 e. The van der Waals surface area contributed by atoms with Gasteiger partial charge in [0.25, 0.3) is 0 Å². The molecule has 6 heteroatoms. The van der Waals surface area contributed by atoms with Gasteiger partial charge in [-0.1, -0.05) is 48.6 Å². The van der Waals surface area contributed by atoms with Crippen LogP contribution in [0.1, 0.15) is 44.6 Å². The Labute approximate surface area is 196 Å². The molecule has 1 amide bonds. The van der Waals surface area contributed by atoms with Crippen molar-refractivity contribution >= 4 is 17.9 Å². The highest BCUT2D eigenvalue weighted by atomic mass is 32.2. The summed E-state index contributed by atoms with van der Waals surface area (Å²) in [5, 5.41) is 14.9. The number of rotatable bonds is 14. The highest BCUT2D eigenvalue weighted by molar-refractivity contribution is 8.00. The van der Waals surface area contributed by atoms with Gasteiger partial charge in [-0.2, -0.15) is 0 Å². The van der Waals surface area contributed by atoms with Crippen LogP contribution in [0.4, 0.5) is 0 Å². The maximum absolute atomic E-state index is 12.8. The molecule has 0 aliphatic heterocycles. The molecule has 0 bridgehead atoms. The molecule has 2 aliphatic rings. The van der Waals surface area contributed by atoms with E-state index in [2.05, 4.69) is 28.4 Å². The van der Waals surface area contributed by atoms with Crippen LogP contribution in [0.5, 0.6) is 0 Å². The van der Waals surface area contributed by atoms with Crippen LogP contribution in [0.3, 0.4) is 0 Å². The van der Waals surface area contributed by atoms with E-state index >= 15 is 0 Å². The van der Waals surface area contributed by atoms with E-state index in [0.717, 1.165) is 24.9 Å². The first-order valence-electron chi connectivity index (χ1n) is 11.6. The van der Waals surface area contributed by atoms with Gasteiger partial charge >= 0.3 is 0 Å². The molecule has 3 atom stereocenters. The number of ether oxygens (including phenoxy) is 1. The zero-order valence-corrected chi connectivity index (χ0v) is 19.8. The van der Waals surface area contributed by atoms with Gasteiger partial charge in [0.1, 0.15) is 0 Å². The fourth-order valence-electron chi connectivity index (χ4n) is 3.90. The third kappa shape index (κ3) is 8.85. The summed E-state index contributed by atoms with van der Waals surface area (Å²) in [4.78, 5) is 12.8. The van der Waals surface area contributed by atoms with Gasteiger partial charge in [0.05, 0.1) is 18.4 Å². The first-order chi connectivity index (χ1) is 15.5. The first kappa shape index (κ1) is 24.6. The van der Waals surface area contributed by atoms with Crippen molar-refractivity contribution in [2.75, 3.05) is 13.1 Å². The van der Waals surface area contributed by atoms with E-state index in [1.165, 1.54) is 24.8 Å². The van der Waals surface area contributed by atoms with E-state index in [-0.39, 0.29) is 11.9 Å². The molecule has 174 valence electrons. The molecule has 0 saturated heterocycles. The van der Waals surface area contributed by atoms with Gasteiger partial charge in [0, 0.05) is 19.5 Å². The lowest BCUT2D eigenvalue weighted by Gasteiger charge is -2.30. The molecule has 2 aliphatic carbocycles. The third-order valence-corrected chi connectivity index (χ3v) is 6.64. The fourth-order valence-corrected chi connectivity index (χ4v) is 4.80. The molecule has 32 heavy (non-hydrogen) atoms. The summed E-state index contributed by atoms with van der Waals surface area (Å²) in [6.07, 6.45) is 12.6. The molecule has 0 radical (unpaired) electrons. The Balaban J connectivity index is 1.63. The number of benzene rings is 1. The van der Waals surface area contributed by atoms with Crippen LogP contribution in [-0.2, 0) is 16.0 Å². The van der Waals surface area contributed by atoms with Gasteiger partial charge in [-0.05, 0) is 75.0 Å². The number of nitrogens with one attached hydrogen (secondary N) is 1. The number of amides is 1. The zero-order chi connectivity index (χ0) is 22.8. The van der Waals surface area contributed by atoms with Gasteiger partial charge in [-0.3, -0.25) is 4.79 Å². The molecule has 3 rings (SSSR count). The van der Waals surface area contributed by atoms with Crippen LogP contribution < -0.4 is 5.32 Å². The van der Waals surface area contributed by atoms with Crippen molar-refractivity contribution in [1.82, 2.24) is 9.62 Å². The van der Waals surface area contributed by atoms with Crippen LogP contribution in [-0.4, -0.2) is 40.6 Å². The molecule has 1 aromatic rings. The molecule has 1 fully saturated rings. The van der Waals surface area contributed by atoms with Crippen molar-refractivity contribution in [3.8, 4) is 0 Å². The molecule has 1 saturated carbocycles. The summed E-state index contributed by atoms with van der Waals surface area (Å²) < 4.78 is 7.61. The lowest BCUT2D eigenvalue weighted by atomic mass is 9.99. The Morgan fingerprint density at radius 1 is 1.34 bits per heavy atom. The smallest absolute Gasteiger partial charge is 0.220 e. The number of carbonyl (C=O) groups excluding carboxylic acids is 1. The van der Waals surface area contributed by atoms with E-state index < -0.39 is 6.10 Å². The van der Waals surface area contributed by atoms with Gasteiger partial charge < -0.3 is 15.2 Å². The first-order valence-corrected chi connectivity index (χ1v) is 12.4. The lowest BCUT2D eigenvalue weighted by Crippen LogP contribution is -2.49. The number of aliphatic hydroxyl groups is 1. The molecule has 2 N–H and O–H groups in total. The van der Waals surface area contributed by atoms with Crippen molar-refractivity contribution in [1.29, 1.82) is 0 Å². The number of hydrogen-bond donors (Lipinski definition) is 2. The Bertz CT molecular complexity index is 792. The topological polar surface area (TPSA) is 61.8 Å². The Morgan fingerprint density at radius 3 is 2.78 bits per heavy atom. The number of carbonyl (C=O) groups is 1. The second-order valence-electron chi connectivity index (χ2n) is 8.74. The van der Waals surface area contributed by atoms with Crippen LogP contribution in [0.25, 0.3) is 0 Å². The van der Waals surface area contributed by atoms with Crippen LogP contribution in [0, 0.1) is 11.8 Å². The number of allylic oxidation sites excluding steroid dienone is 3. The monoisotopic (exact) mass is 456 g/mol. The van der Waals surface area contributed by atoms with Crippen molar-refractivity contribution in [3.63, 3.8) is 0 Å². The van der Waals surface area contributed by atoms with E-state index in [4.69, 9.17) is 4.74 Å². The van der Waals surface area contributed by atoms with Crippen molar-refractivity contribution < 1.29 is 14.6 Å². The van der Waals surface area contributed by atoms with Crippen molar-refractivity contribution in [3.05, 3.63) is 72.1 Å². The third-order valence-electron chi connectivity index (χ3n) is 5.79. The van der Waals surface area contributed by atoms with Crippen molar-refractivity contribution in [2.45, 2.75) is 57.6 Å². The summed E-state index contributed by atoms with van der Waals surface area (Å²) in [5.41, 5.74) is 1.10. The molecular formula is C26H36N2O3S. The van der Waals surface area contributed by atoms with Gasteiger partial charge in [-0.15, -0.1) is 0 Å². The van der Waals surface area contributed by atoms with Crippen LogP contribution >= 0.6 is 11.9 Å². The predicted octanol–water partition coefficient (Wildman–Crippen LogP) is 4.81. The molecule has 0 aromatic heterocycles. The normalized spacial score (nSPS) is 19.9. The van der Waals surface area contributed by atoms with Crippen LogP contribution in [0.15, 0.2) is 66.5 Å². The second-order valence-corrected chi connectivity index (χ2v) is 9.90. The van der Waals surface area contributed by atoms with E-state index in [0.29, 0.717) is 36.3 Å². The van der Waals surface area contributed by atoms with Crippen molar-refractivity contribution in [2.24, 2.45) is 11.8 Å². The minimum atomic E-state index is -0.709. The Hall–Kier alpha value is -2.02. The molecule has 0 spiro atoms. The maximum atomic E-state index is 12.8. The summed E-state index contributed by atoms with van der Waals surface area (Å²) in [5.74, 6) is 0.961.